The van der Waals surface area contributed by atoms with Crippen molar-refractivity contribution in [3.8, 4) is 0 Å². The Balaban J connectivity index is 1.62. The fourth-order valence-electron chi connectivity index (χ4n) is 2.72. The Labute approximate surface area is 114 Å². The lowest BCUT2D eigenvalue weighted by molar-refractivity contribution is 0.449. The van der Waals surface area contributed by atoms with Gasteiger partial charge in [0.25, 0.3) is 0 Å². The second-order valence-corrected chi connectivity index (χ2v) is 6.36. The molecule has 2 aliphatic rings. The van der Waals surface area contributed by atoms with Crippen molar-refractivity contribution in [1.82, 2.24) is 10.3 Å². The number of hydrogen-bond acceptors (Lipinski definition) is 4. The topological polar surface area (TPSA) is 28.2 Å². The molecule has 0 spiro atoms. The number of thiazole rings is 1. The summed E-state index contributed by atoms with van der Waals surface area (Å²) in [5, 5.41) is 7.01. The first-order valence-electron chi connectivity index (χ1n) is 7.31. The van der Waals surface area contributed by atoms with Crippen molar-refractivity contribution in [2.45, 2.75) is 64.1 Å². The molecule has 1 unspecified atom stereocenters. The lowest BCUT2D eigenvalue weighted by Crippen LogP contribution is -2.39. The Hall–Kier alpha value is -0.610. The molecule has 4 heteroatoms. The number of aromatic nitrogens is 1. The standard InChI is InChI=1S/C14H23N3S/c1-2-13-5-3-4-8-17(13)14-16-12(10-18-14)9-15-11-6-7-11/h10-11,13,15H,2-9H2,1H3. The van der Waals surface area contributed by atoms with Crippen molar-refractivity contribution in [2.75, 3.05) is 11.4 Å². The largest absolute Gasteiger partial charge is 0.345 e. The summed E-state index contributed by atoms with van der Waals surface area (Å²) in [6, 6.07) is 1.49. The minimum Gasteiger partial charge on any atom is -0.345 e. The molecular formula is C14H23N3S. The van der Waals surface area contributed by atoms with Crippen LogP contribution >= 0.6 is 11.3 Å². The Kier molecular flexibility index (Phi) is 3.85. The van der Waals surface area contributed by atoms with E-state index in [0.717, 1.165) is 12.6 Å². The lowest BCUT2D eigenvalue weighted by atomic mass is 10.0. The van der Waals surface area contributed by atoms with E-state index < -0.39 is 0 Å². The molecule has 3 rings (SSSR count). The zero-order valence-electron chi connectivity index (χ0n) is 11.2. The smallest absolute Gasteiger partial charge is 0.185 e. The van der Waals surface area contributed by atoms with Gasteiger partial charge in [0.2, 0.25) is 0 Å². The van der Waals surface area contributed by atoms with E-state index in [1.807, 2.05) is 11.3 Å². The van der Waals surface area contributed by atoms with E-state index in [2.05, 4.69) is 22.5 Å². The van der Waals surface area contributed by atoms with Gasteiger partial charge in [-0.15, -0.1) is 11.3 Å². The van der Waals surface area contributed by atoms with Crippen LogP contribution in [0.25, 0.3) is 0 Å². The molecule has 0 radical (unpaired) electrons. The van der Waals surface area contributed by atoms with Crippen LogP contribution in [0.5, 0.6) is 0 Å². The summed E-state index contributed by atoms with van der Waals surface area (Å²) < 4.78 is 0. The summed E-state index contributed by atoms with van der Waals surface area (Å²) in [5.41, 5.74) is 1.22. The summed E-state index contributed by atoms with van der Waals surface area (Å²) in [5.74, 6) is 0. The molecule has 1 saturated carbocycles. The van der Waals surface area contributed by atoms with Gasteiger partial charge in [-0.25, -0.2) is 4.98 Å². The lowest BCUT2D eigenvalue weighted by Gasteiger charge is -2.35. The third-order valence-corrected chi connectivity index (χ3v) is 4.96. The van der Waals surface area contributed by atoms with Gasteiger partial charge < -0.3 is 10.2 Å². The molecule has 0 aromatic carbocycles. The second-order valence-electron chi connectivity index (χ2n) is 5.53. The van der Waals surface area contributed by atoms with Crippen LogP contribution in [0, 0.1) is 0 Å². The fourth-order valence-corrected chi connectivity index (χ4v) is 3.65. The van der Waals surface area contributed by atoms with E-state index in [1.54, 1.807) is 0 Å². The molecule has 2 fully saturated rings. The van der Waals surface area contributed by atoms with E-state index in [1.165, 1.54) is 55.9 Å². The van der Waals surface area contributed by atoms with Gasteiger partial charge in [0.15, 0.2) is 5.13 Å². The molecule has 0 amide bonds. The average molecular weight is 265 g/mol. The predicted octanol–water partition coefficient (Wildman–Crippen LogP) is 3.16. The first-order chi connectivity index (χ1) is 8.86. The molecule has 1 aliphatic heterocycles. The molecule has 3 nitrogen and oxygen atoms in total. The average Bonchev–Trinajstić information content (AvgIpc) is 3.13. The highest BCUT2D eigenvalue weighted by atomic mass is 32.1. The zero-order valence-corrected chi connectivity index (χ0v) is 12.0. The van der Waals surface area contributed by atoms with Crippen molar-refractivity contribution >= 4 is 16.5 Å². The maximum Gasteiger partial charge on any atom is 0.185 e. The minimum atomic E-state index is 0.717. The zero-order chi connectivity index (χ0) is 12.4. The Morgan fingerprint density at radius 1 is 1.39 bits per heavy atom. The van der Waals surface area contributed by atoms with Crippen molar-refractivity contribution < 1.29 is 0 Å². The third-order valence-electron chi connectivity index (χ3n) is 4.03. The van der Waals surface area contributed by atoms with Gasteiger partial charge in [-0.1, -0.05) is 6.92 Å². The summed E-state index contributed by atoms with van der Waals surface area (Å²) in [6.07, 6.45) is 7.99. The SMILES string of the molecule is CCC1CCCCN1c1nc(CNC2CC2)cs1. The van der Waals surface area contributed by atoms with E-state index in [0.29, 0.717) is 6.04 Å². The van der Waals surface area contributed by atoms with Crippen LogP contribution in [0.2, 0.25) is 0 Å². The number of nitrogens with one attached hydrogen (secondary N) is 1. The number of nitrogens with zero attached hydrogens (tertiary/aromatic N) is 2. The molecule has 1 N–H and O–H groups in total. The molecule has 1 aromatic rings. The first kappa shape index (κ1) is 12.4. The Morgan fingerprint density at radius 2 is 2.28 bits per heavy atom. The van der Waals surface area contributed by atoms with Crippen LogP contribution in [-0.4, -0.2) is 23.6 Å². The fraction of sp³-hybridized carbons (Fsp3) is 0.786. The Bertz CT molecular complexity index is 386. The summed E-state index contributed by atoms with van der Waals surface area (Å²) >= 11 is 1.82. The van der Waals surface area contributed by atoms with Crippen LogP contribution in [0.4, 0.5) is 5.13 Å². The van der Waals surface area contributed by atoms with Crippen molar-refractivity contribution in [3.63, 3.8) is 0 Å². The number of anilines is 1. The predicted molar refractivity (Wildman–Crippen MR) is 77.3 cm³/mol. The van der Waals surface area contributed by atoms with Crippen LogP contribution < -0.4 is 10.2 Å². The van der Waals surface area contributed by atoms with Crippen LogP contribution in [0.15, 0.2) is 5.38 Å². The maximum atomic E-state index is 4.81. The van der Waals surface area contributed by atoms with E-state index in [4.69, 9.17) is 4.98 Å². The molecule has 18 heavy (non-hydrogen) atoms. The summed E-state index contributed by atoms with van der Waals surface area (Å²) in [6.45, 7) is 4.44. The van der Waals surface area contributed by atoms with Gasteiger partial charge in [0.1, 0.15) is 0 Å². The molecule has 2 heterocycles. The molecule has 1 saturated heterocycles. The van der Waals surface area contributed by atoms with Crippen LogP contribution in [0.1, 0.15) is 51.1 Å². The van der Waals surface area contributed by atoms with E-state index in [9.17, 15) is 0 Å². The molecule has 1 atom stereocenters. The minimum absolute atomic E-state index is 0.717. The molecular weight excluding hydrogens is 242 g/mol. The maximum absolute atomic E-state index is 4.81. The molecule has 1 aliphatic carbocycles. The third kappa shape index (κ3) is 2.86. The Morgan fingerprint density at radius 3 is 3.06 bits per heavy atom. The molecule has 0 bridgehead atoms. The normalized spacial score (nSPS) is 24.5. The molecule has 1 aromatic heterocycles. The number of rotatable bonds is 5. The van der Waals surface area contributed by atoms with E-state index in [-0.39, 0.29) is 0 Å². The van der Waals surface area contributed by atoms with Crippen LogP contribution in [-0.2, 0) is 6.54 Å². The second kappa shape index (κ2) is 5.57. The summed E-state index contributed by atoms with van der Waals surface area (Å²) in [4.78, 5) is 7.35. The van der Waals surface area contributed by atoms with Crippen molar-refractivity contribution in [2.24, 2.45) is 0 Å². The van der Waals surface area contributed by atoms with Crippen LogP contribution in [0.3, 0.4) is 0 Å². The first-order valence-corrected chi connectivity index (χ1v) is 8.19. The quantitative estimate of drug-likeness (QED) is 0.886. The van der Waals surface area contributed by atoms with Gasteiger partial charge in [-0.2, -0.15) is 0 Å². The van der Waals surface area contributed by atoms with Gasteiger partial charge >= 0.3 is 0 Å². The highest BCUT2D eigenvalue weighted by molar-refractivity contribution is 7.13. The number of piperidine rings is 1. The van der Waals surface area contributed by atoms with Gasteiger partial charge in [-0.3, -0.25) is 0 Å². The highest BCUT2D eigenvalue weighted by Gasteiger charge is 2.24. The summed E-state index contributed by atoms with van der Waals surface area (Å²) in [7, 11) is 0. The van der Waals surface area contributed by atoms with Gasteiger partial charge in [0.05, 0.1) is 5.69 Å². The van der Waals surface area contributed by atoms with Crippen molar-refractivity contribution in [3.05, 3.63) is 11.1 Å². The van der Waals surface area contributed by atoms with Gasteiger partial charge in [-0.05, 0) is 38.5 Å². The van der Waals surface area contributed by atoms with E-state index >= 15 is 0 Å². The van der Waals surface area contributed by atoms with Crippen molar-refractivity contribution in [1.29, 1.82) is 0 Å². The number of hydrogen-bond donors (Lipinski definition) is 1. The highest BCUT2D eigenvalue weighted by Crippen LogP contribution is 2.29. The van der Waals surface area contributed by atoms with Gasteiger partial charge in [0, 0.05) is 30.6 Å². The molecule has 100 valence electrons. The monoisotopic (exact) mass is 265 g/mol.